The molecule has 2 nitrogen and oxygen atoms in total. The molecule has 0 heterocycles. The van der Waals surface area contributed by atoms with Gasteiger partial charge in [-0.05, 0) is 65.2 Å². The molecule has 0 spiro atoms. The molecule has 0 saturated heterocycles. The van der Waals surface area contributed by atoms with Gasteiger partial charge < -0.3 is 10.1 Å². The van der Waals surface area contributed by atoms with Gasteiger partial charge >= 0.3 is 0 Å². The molecule has 0 aliphatic heterocycles. The van der Waals surface area contributed by atoms with Crippen LogP contribution in [0.2, 0.25) is 0 Å². The number of benzene rings is 2. The number of hydrogen-bond donors (Lipinski definition) is 1. The van der Waals surface area contributed by atoms with Gasteiger partial charge in [0, 0.05) is 12.2 Å². The SMILES string of the molecule is CCOc1ccc(CNc2cc(Br)c(F)cc2C)cc1. The van der Waals surface area contributed by atoms with Crippen LogP contribution in [0.5, 0.6) is 5.75 Å². The van der Waals surface area contributed by atoms with Crippen LogP contribution in [0.4, 0.5) is 10.1 Å². The summed E-state index contributed by atoms with van der Waals surface area (Å²) in [6.07, 6.45) is 0. The first-order chi connectivity index (χ1) is 9.60. The van der Waals surface area contributed by atoms with Crippen molar-refractivity contribution in [2.45, 2.75) is 20.4 Å². The second-order valence-electron chi connectivity index (χ2n) is 4.51. The summed E-state index contributed by atoms with van der Waals surface area (Å²) in [5.74, 6) is 0.631. The Balaban J connectivity index is 2.03. The van der Waals surface area contributed by atoms with E-state index < -0.39 is 0 Å². The van der Waals surface area contributed by atoms with E-state index in [0.29, 0.717) is 17.6 Å². The lowest BCUT2D eigenvalue weighted by Crippen LogP contribution is -2.02. The van der Waals surface area contributed by atoms with Gasteiger partial charge in [0.2, 0.25) is 0 Å². The van der Waals surface area contributed by atoms with Crippen LogP contribution in [0, 0.1) is 12.7 Å². The van der Waals surface area contributed by atoms with Crippen molar-refractivity contribution in [2.75, 3.05) is 11.9 Å². The van der Waals surface area contributed by atoms with Crippen molar-refractivity contribution < 1.29 is 9.13 Å². The first-order valence-electron chi connectivity index (χ1n) is 6.51. The summed E-state index contributed by atoms with van der Waals surface area (Å²) in [7, 11) is 0. The molecule has 2 aromatic rings. The third-order valence-electron chi connectivity index (χ3n) is 2.98. The van der Waals surface area contributed by atoms with E-state index in [1.165, 1.54) is 6.07 Å². The monoisotopic (exact) mass is 337 g/mol. The highest BCUT2D eigenvalue weighted by molar-refractivity contribution is 9.10. The van der Waals surface area contributed by atoms with Gasteiger partial charge in [-0.1, -0.05) is 12.1 Å². The number of halogens is 2. The Morgan fingerprint density at radius 2 is 1.90 bits per heavy atom. The molecule has 0 saturated carbocycles. The number of aryl methyl sites for hydroxylation is 1. The van der Waals surface area contributed by atoms with Gasteiger partial charge in [-0.2, -0.15) is 0 Å². The average Bonchev–Trinajstić information content (AvgIpc) is 2.43. The van der Waals surface area contributed by atoms with Crippen LogP contribution in [0.25, 0.3) is 0 Å². The second-order valence-corrected chi connectivity index (χ2v) is 5.37. The lowest BCUT2D eigenvalue weighted by atomic mass is 10.1. The lowest BCUT2D eigenvalue weighted by molar-refractivity contribution is 0.340. The molecule has 0 amide bonds. The van der Waals surface area contributed by atoms with Crippen molar-refractivity contribution in [1.29, 1.82) is 0 Å². The topological polar surface area (TPSA) is 21.3 Å². The fraction of sp³-hybridized carbons (Fsp3) is 0.250. The molecule has 0 radical (unpaired) electrons. The van der Waals surface area contributed by atoms with Gasteiger partial charge in [-0.3, -0.25) is 0 Å². The molecule has 0 aliphatic rings. The molecule has 1 N–H and O–H groups in total. The van der Waals surface area contributed by atoms with E-state index >= 15 is 0 Å². The molecule has 2 aromatic carbocycles. The number of hydrogen-bond acceptors (Lipinski definition) is 2. The van der Waals surface area contributed by atoms with Gasteiger partial charge in [-0.15, -0.1) is 0 Å². The third-order valence-corrected chi connectivity index (χ3v) is 3.59. The van der Waals surface area contributed by atoms with E-state index in [4.69, 9.17) is 4.74 Å². The summed E-state index contributed by atoms with van der Waals surface area (Å²) < 4.78 is 19.2. The van der Waals surface area contributed by atoms with Gasteiger partial charge in [-0.25, -0.2) is 4.39 Å². The molecule has 0 unspecified atom stereocenters. The highest BCUT2D eigenvalue weighted by atomic mass is 79.9. The Kier molecular flexibility index (Phi) is 5.01. The van der Waals surface area contributed by atoms with Crippen molar-refractivity contribution in [3.63, 3.8) is 0 Å². The predicted molar refractivity (Wildman–Crippen MR) is 83.8 cm³/mol. The van der Waals surface area contributed by atoms with Crippen molar-refractivity contribution in [2.24, 2.45) is 0 Å². The molecule has 20 heavy (non-hydrogen) atoms. The maximum absolute atomic E-state index is 13.4. The minimum absolute atomic E-state index is 0.242. The lowest BCUT2D eigenvalue weighted by Gasteiger charge is -2.11. The van der Waals surface area contributed by atoms with Gasteiger partial charge in [0.25, 0.3) is 0 Å². The Hall–Kier alpha value is -1.55. The van der Waals surface area contributed by atoms with E-state index in [1.807, 2.05) is 38.1 Å². The predicted octanol–water partition coefficient (Wildman–Crippen LogP) is 4.91. The molecule has 2 rings (SSSR count). The quantitative estimate of drug-likeness (QED) is 0.837. The number of nitrogens with one attached hydrogen (secondary N) is 1. The molecule has 106 valence electrons. The fourth-order valence-electron chi connectivity index (χ4n) is 1.90. The maximum atomic E-state index is 13.4. The second kappa shape index (κ2) is 6.75. The van der Waals surface area contributed by atoms with E-state index in [9.17, 15) is 4.39 Å². The average molecular weight is 338 g/mol. The van der Waals surface area contributed by atoms with Crippen LogP contribution in [-0.4, -0.2) is 6.61 Å². The normalized spacial score (nSPS) is 10.4. The van der Waals surface area contributed by atoms with Crippen molar-refractivity contribution in [3.05, 3.63) is 57.8 Å². The van der Waals surface area contributed by atoms with E-state index in [1.54, 1.807) is 6.07 Å². The number of rotatable bonds is 5. The van der Waals surface area contributed by atoms with Crippen LogP contribution in [0.1, 0.15) is 18.1 Å². The highest BCUT2D eigenvalue weighted by Gasteiger charge is 2.05. The summed E-state index contributed by atoms with van der Waals surface area (Å²) >= 11 is 3.20. The molecule has 0 fully saturated rings. The molecule has 4 heteroatoms. The molecule has 0 atom stereocenters. The van der Waals surface area contributed by atoms with Crippen molar-refractivity contribution in [3.8, 4) is 5.75 Å². The smallest absolute Gasteiger partial charge is 0.137 e. The Labute approximate surface area is 127 Å². The van der Waals surface area contributed by atoms with Crippen LogP contribution < -0.4 is 10.1 Å². The minimum atomic E-state index is -0.242. The molecular weight excluding hydrogens is 321 g/mol. The van der Waals surface area contributed by atoms with Gasteiger partial charge in [0.1, 0.15) is 11.6 Å². The summed E-state index contributed by atoms with van der Waals surface area (Å²) in [4.78, 5) is 0. The Morgan fingerprint density at radius 3 is 2.55 bits per heavy atom. The third kappa shape index (κ3) is 3.73. The van der Waals surface area contributed by atoms with Crippen LogP contribution in [0.15, 0.2) is 40.9 Å². The van der Waals surface area contributed by atoms with Crippen molar-refractivity contribution >= 4 is 21.6 Å². The zero-order chi connectivity index (χ0) is 14.5. The maximum Gasteiger partial charge on any atom is 0.137 e. The standard InChI is InChI=1S/C16H17BrFNO/c1-3-20-13-6-4-12(5-7-13)10-19-16-9-14(17)15(18)8-11(16)2/h4-9,19H,3,10H2,1-2H3. The molecule has 0 aromatic heterocycles. The Morgan fingerprint density at radius 1 is 1.20 bits per heavy atom. The Bertz CT molecular complexity index is 584. The number of anilines is 1. The summed E-state index contributed by atoms with van der Waals surface area (Å²) in [6, 6.07) is 11.2. The summed E-state index contributed by atoms with van der Waals surface area (Å²) in [5, 5.41) is 3.31. The fourth-order valence-corrected chi connectivity index (χ4v) is 2.25. The van der Waals surface area contributed by atoms with Gasteiger partial charge in [0.15, 0.2) is 0 Å². The van der Waals surface area contributed by atoms with Gasteiger partial charge in [0.05, 0.1) is 11.1 Å². The van der Waals surface area contributed by atoms with E-state index in [-0.39, 0.29) is 5.82 Å². The van der Waals surface area contributed by atoms with E-state index in [2.05, 4.69) is 21.2 Å². The first-order valence-corrected chi connectivity index (χ1v) is 7.30. The van der Waals surface area contributed by atoms with Crippen LogP contribution in [0.3, 0.4) is 0 Å². The summed E-state index contributed by atoms with van der Waals surface area (Å²) in [5.41, 5.74) is 2.96. The molecule has 0 bridgehead atoms. The first kappa shape index (κ1) is 14.9. The largest absolute Gasteiger partial charge is 0.494 e. The van der Waals surface area contributed by atoms with Crippen LogP contribution >= 0.6 is 15.9 Å². The highest BCUT2D eigenvalue weighted by Crippen LogP contribution is 2.24. The zero-order valence-electron chi connectivity index (χ0n) is 11.5. The summed E-state index contributed by atoms with van der Waals surface area (Å²) in [6.45, 7) is 5.20. The molecule has 0 aliphatic carbocycles. The molecular formula is C16H17BrFNO. The zero-order valence-corrected chi connectivity index (χ0v) is 13.1. The van der Waals surface area contributed by atoms with Crippen LogP contribution in [-0.2, 0) is 6.54 Å². The number of ether oxygens (including phenoxy) is 1. The van der Waals surface area contributed by atoms with E-state index in [0.717, 1.165) is 22.6 Å². The van der Waals surface area contributed by atoms with Crippen molar-refractivity contribution in [1.82, 2.24) is 0 Å². The minimum Gasteiger partial charge on any atom is -0.494 e.